The minimum Gasteiger partial charge on any atom is -0.348 e. The lowest BCUT2D eigenvalue weighted by Crippen LogP contribution is -2.24. The Morgan fingerprint density at radius 3 is 2.56 bits per heavy atom. The average molecular weight is 341 g/mol. The first-order chi connectivity index (χ1) is 12.0. The third-order valence-corrected chi connectivity index (χ3v) is 4.04. The number of para-hydroxylation sites is 1. The van der Waals surface area contributed by atoms with Crippen LogP contribution >= 0.6 is 0 Å². The molecule has 0 radical (unpaired) electrons. The van der Waals surface area contributed by atoms with Crippen LogP contribution in [0.1, 0.15) is 27.3 Å². The van der Waals surface area contributed by atoms with Gasteiger partial charge < -0.3 is 5.32 Å². The maximum Gasteiger partial charge on any atom is 0.254 e. The maximum absolute atomic E-state index is 13.7. The molecule has 1 amide bonds. The lowest BCUT2D eigenvalue weighted by molar-refractivity contribution is 0.0946. The van der Waals surface area contributed by atoms with Gasteiger partial charge in [0.15, 0.2) is 0 Å². The molecule has 3 rings (SSSR count). The number of aryl methyl sites for hydroxylation is 1. The number of hydrogen-bond acceptors (Lipinski definition) is 2. The Balaban J connectivity index is 1.81. The van der Waals surface area contributed by atoms with Crippen molar-refractivity contribution in [1.29, 1.82) is 0 Å². The summed E-state index contributed by atoms with van der Waals surface area (Å²) in [6.07, 6.45) is 0. The van der Waals surface area contributed by atoms with E-state index in [1.165, 1.54) is 0 Å². The normalized spacial score (nSPS) is 10.7. The summed E-state index contributed by atoms with van der Waals surface area (Å²) in [5.74, 6) is -2.08. The molecule has 1 N–H and O–H groups in total. The maximum atomic E-state index is 13.7. The van der Waals surface area contributed by atoms with Crippen molar-refractivity contribution in [3.63, 3.8) is 0 Å². The van der Waals surface area contributed by atoms with Crippen LogP contribution in [0.25, 0.3) is 5.69 Å². The molecule has 1 aromatic heterocycles. The fraction of sp³-hybridized carbons (Fsp3) is 0.158. The summed E-state index contributed by atoms with van der Waals surface area (Å²) in [5.41, 5.74) is 3.08. The molecule has 0 aliphatic rings. The SMILES string of the molecule is Cc1nn(-c2ccccc2)c(C)c1CNC(=O)c1cc(F)ccc1F. The first-order valence-electron chi connectivity index (χ1n) is 7.81. The number of aromatic nitrogens is 2. The number of carbonyl (C=O) groups excluding carboxylic acids is 1. The van der Waals surface area contributed by atoms with Gasteiger partial charge in [-0.05, 0) is 44.2 Å². The molecular weight excluding hydrogens is 324 g/mol. The van der Waals surface area contributed by atoms with Gasteiger partial charge in [-0.1, -0.05) is 18.2 Å². The molecule has 1 heterocycles. The largest absolute Gasteiger partial charge is 0.348 e. The highest BCUT2D eigenvalue weighted by Gasteiger charge is 2.16. The lowest BCUT2D eigenvalue weighted by atomic mass is 10.1. The summed E-state index contributed by atoms with van der Waals surface area (Å²) < 4.78 is 28.7. The van der Waals surface area contributed by atoms with Gasteiger partial charge in [0.05, 0.1) is 16.9 Å². The molecule has 0 unspecified atom stereocenters. The third kappa shape index (κ3) is 3.42. The molecule has 0 fully saturated rings. The summed E-state index contributed by atoms with van der Waals surface area (Å²) in [4.78, 5) is 12.1. The monoisotopic (exact) mass is 341 g/mol. The average Bonchev–Trinajstić information content (AvgIpc) is 2.90. The van der Waals surface area contributed by atoms with Crippen molar-refractivity contribution in [2.24, 2.45) is 0 Å². The molecule has 0 bridgehead atoms. The van der Waals surface area contributed by atoms with E-state index in [0.717, 1.165) is 40.8 Å². The number of carbonyl (C=O) groups is 1. The van der Waals surface area contributed by atoms with E-state index in [1.807, 2.05) is 44.2 Å². The molecular formula is C19H17F2N3O. The number of nitrogens with one attached hydrogen (secondary N) is 1. The Hall–Kier alpha value is -3.02. The van der Waals surface area contributed by atoms with Gasteiger partial charge >= 0.3 is 0 Å². The van der Waals surface area contributed by atoms with Gasteiger partial charge in [-0.15, -0.1) is 0 Å². The number of rotatable bonds is 4. The Kier molecular flexibility index (Phi) is 4.61. The van der Waals surface area contributed by atoms with Crippen molar-refractivity contribution in [3.05, 3.63) is 82.7 Å². The van der Waals surface area contributed by atoms with Crippen LogP contribution in [0.2, 0.25) is 0 Å². The summed E-state index contributed by atoms with van der Waals surface area (Å²) in [5, 5.41) is 7.12. The zero-order chi connectivity index (χ0) is 18.0. The van der Waals surface area contributed by atoms with E-state index in [-0.39, 0.29) is 12.1 Å². The van der Waals surface area contributed by atoms with E-state index < -0.39 is 17.5 Å². The van der Waals surface area contributed by atoms with E-state index in [0.29, 0.717) is 0 Å². The predicted octanol–water partition coefficient (Wildman–Crippen LogP) is 3.70. The van der Waals surface area contributed by atoms with Crippen LogP contribution < -0.4 is 5.32 Å². The summed E-state index contributed by atoms with van der Waals surface area (Å²) >= 11 is 0. The molecule has 0 aliphatic heterocycles. The van der Waals surface area contributed by atoms with Crippen LogP contribution in [0.4, 0.5) is 8.78 Å². The number of hydrogen-bond donors (Lipinski definition) is 1. The molecule has 128 valence electrons. The molecule has 0 saturated heterocycles. The lowest BCUT2D eigenvalue weighted by Gasteiger charge is -2.08. The highest BCUT2D eigenvalue weighted by Crippen LogP contribution is 2.18. The van der Waals surface area contributed by atoms with Gasteiger partial charge in [0.25, 0.3) is 5.91 Å². The number of nitrogens with zero attached hydrogens (tertiary/aromatic N) is 2. The van der Waals surface area contributed by atoms with Crippen molar-refractivity contribution < 1.29 is 13.6 Å². The minimum atomic E-state index is -0.757. The number of amides is 1. The zero-order valence-corrected chi connectivity index (χ0v) is 13.9. The van der Waals surface area contributed by atoms with Gasteiger partial charge in [-0.3, -0.25) is 4.79 Å². The van der Waals surface area contributed by atoms with Crippen LogP contribution in [0.3, 0.4) is 0 Å². The van der Waals surface area contributed by atoms with Crippen molar-refractivity contribution in [1.82, 2.24) is 15.1 Å². The Labute approximate surface area is 144 Å². The molecule has 0 atom stereocenters. The molecule has 4 nitrogen and oxygen atoms in total. The second-order valence-corrected chi connectivity index (χ2v) is 5.70. The van der Waals surface area contributed by atoms with Crippen LogP contribution in [0, 0.1) is 25.5 Å². The standard InChI is InChI=1S/C19H17F2N3O/c1-12-17(13(2)24(23-12)15-6-4-3-5-7-15)11-22-19(25)16-10-14(20)8-9-18(16)21/h3-10H,11H2,1-2H3,(H,22,25). The smallest absolute Gasteiger partial charge is 0.254 e. The van der Waals surface area contributed by atoms with Crippen molar-refractivity contribution in [2.75, 3.05) is 0 Å². The van der Waals surface area contributed by atoms with Gasteiger partial charge in [0.2, 0.25) is 0 Å². The third-order valence-electron chi connectivity index (χ3n) is 4.04. The van der Waals surface area contributed by atoms with E-state index >= 15 is 0 Å². The fourth-order valence-electron chi connectivity index (χ4n) is 2.69. The van der Waals surface area contributed by atoms with E-state index in [1.54, 1.807) is 4.68 Å². The molecule has 0 aliphatic carbocycles. The predicted molar refractivity (Wildman–Crippen MR) is 90.6 cm³/mol. The summed E-state index contributed by atoms with van der Waals surface area (Å²) in [7, 11) is 0. The highest BCUT2D eigenvalue weighted by atomic mass is 19.1. The summed E-state index contributed by atoms with van der Waals surface area (Å²) in [6.45, 7) is 3.92. The first-order valence-corrected chi connectivity index (χ1v) is 7.81. The Morgan fingerprint density at radius 2 is 1.84 bits per heavy atom. The first kappa shape index (κ1) is 16.8. The quantitative estimate of drug-likeness (QED) is 0.787. The van der Waals surface area contributed by atoms with Crippen LogP contribution in [0.5, 0.6) is 0 Å². The molecule has 0 spiro atoms. The van der Waals surface area contributed by atoms with E-state index in [9.17, 15) is 13.6 Å². The van der Waals surface area contributed by atoms with Crippen LogP contribution in [-0.4, -0.2) is 15.7 Å². The zero-order valence-electron chi connectivity index (χ0n) is 13.9. The van der Waals surface area contributed by atoms with Gasteiger partial charge in [-0.2, -0.15) is 5.10 Å². The molecule has 0 saturated carbocycles. The van der Waals surface area contributed by atoms with Gasteiger partial charge in [0.1, 0.15) is 11.6 Å². The van der Waals surface area contributed by atoms with Crippen molar-refractivity contribution in [3.8, 4) is 5.69 Å². The Morgan fingerprint density at radius 1 is 1.12 bits per heavy atom. The number of halogens is 2. The highest BCUT2D eigenvalue weighted by molar-refractivity contribution is 5.94. The van der Waals surface area contributed by atoms with Crippen molar-refractivity contribution >= 4 is 5.91 Å². The Bertz CT molecular complexity index is 920. The number of benzene rings is 2. The minimum absolute atomic E-state index is 0.180. The second-order valence-electron chi connectivity index (χ2n) is 5.70. The summed E-state index contributed by atoms with van der Waals surface area (Å²) in [6, 6.07) is 12.4. The van der Waals surface area contributed by atoms with Crippen molar-refractivity contribution in [2.45, 2.75) is 20.4 Å². The second kappa shape index (κ2) is 6.84. The molecule has 6 heteroatoms. The van der Waals surface area contributed by atoms with Gasteiger partial charge in [0, 0.05) is 17.8 Å². The molecule has 3 aromatic rings. The van der Waals surface area contributed by atoms with E-state index in [4.69, 9.17) is 0 Å². The molecule has 25 heavy (non-hydrogen) atoms. The topological polar surface area (TPSA) is 46.9 Å². The molecule has 2 aromatic carbocycles. The van der Waals surface area contributed by atoms with Gasteiger partial charge in [-0.25, -0.2) is 13.5 Å². The fourth-order valence-corrected chi connectivity index (χ4v) is 2.69. The van der Waals surface area contributed by atoms with E-state index in [2.05, 4.69) is 10.4 Å². The van der Waals surface area contributed by atoms with Crippen LogP contribution in [0.15, 0.2) is 48.5 Å². The van der Waals surface area contributed by atoms with Crippen LogP contribution in [-0.2, 0) is 6.54 Å².